The molecule has 1 aliphatic heterocycles. The van der Waals surface area contributed by atoms with Crippen molar-refractivity contribution in [2.75, 3.05) is 36.9 Å². The van der Waals surface area contributed by atoms with Crippen LogP contribution in [-0.4, -0.2) is 49.8 Å². The zero-order chi connectivity index (χ0) is 20.6. The minimum absolute atomic E-state index is 0.113. The smallest absolute Gasteiger partial charge is 0.382 e. The van der Waals surface area contributed by atoms with Gasteiger partial charge >= 0.3 is 6.18 Å². The van der Waals surface area contributed by atoms with Crippen LogP contribution in [-0.2, 0) is 10.9 Å². The number of halogens is 3. The maximum atomic E-state index is 13.3. The van der Waals surface area contributed by atoms with E-state index in [2.05, 4.69) is 37.6 Å². The summed E-state index contributed by atoms with van der Waals surface area (Å²) >= 11 is 0. The molecule has 3 N–H and O–H groups in total. The summed E-state index contributed by atoms with van der Waals surface area (Å²) < 4.78 is 45.4. The van der Waals surface area contributed by atoms with Crippen LogP contribution in [0.25, 0.3) is 0 Å². The van der Waals surface area contributed by atoms with Crippen LogP contribution in [0.5, 0.6) is 0 Å². The molecule has 0 amide bonds. The lowest BCUT2D eigenvalue weighted by Crippen LogP contribution is -2.42. The Morgan fingerprint density at radius 1 is 1.57 bits per heavy atom. The minimum Gasteiger partial charge on any atom is -0.382 e. The molecule has 1 fully saturated rings. The first-order chi connectivity index (χ1) is 13.3. The van der Waals surface area contributed by atoms with Crippen LogP contribution in [0.15, 0.2) is 34.3 Å². The van der Waals surface area contributed by atoms with E-state index < -0.39 is 11.7 Å². The van der Waals surface area contributed by atoms with Gasteiger partial charge in [0.05, 0.1) is 30.2 Å². The van der Waals surface area contributed by atoms with Gasteiger partial charge in [0.15, 0.2) is 0 Å². The molecule has 2 heterocycles. The Morgan fingerprint density at radius 2 is 2.36 bits per heavy atom. The lowest BCUT2D eigenvalue weighted by molar-refractivity contribution is -0.137. The van der Waals surface area contributed by atoms with Crippen molar-refractivity contribution in [1.29, 1.82) is 5.26 Å². The topological polar surface area (TPSA) is 107 Å². The molecule has 0 aromatic carbocycles. The average Bonchev–Trinajstić information content (AvgIpc) is 2.69. The number of nitrogens with zero attached hydrogens (tertiary/aromatic N) is 4. The van der Waals surface area contributed by atoms with Crippen LogP contribution in [0.2, 0.25) is 0 Å². The second kappa shape index (κ2) is 9.82. The number of alkyl halides is 3. The second-order valence-corrected chi connectivity index (χ2v) is 5.81. The minimum atomic E-state index is -4.57. The monoisotopic (exact) mass is 395 g/mol. The highest BCUT2D eigenvalue weighted by molar-refractivity contribution is 5.96. The lowest BCUT2D eigenvalue weighted by Gasteiger charge is -2.25. The van der Waals surface area contributed by atoms with Gasteiger partial charge in [-0.15, -0.1) is 0 Å². The summed E-state index contributed by atoms with van der Waals surface area (Å²) in [5.41, 5.74) is -0.844. The third-order valence-corrected chi connectivity index (χ3v) is 3.70. The Balaban J connectivity index is 2.21. The van der Waals surface area contributed by atoms with Crippen molar-refractivity contribution in [3.63, 3.8) is 0 Å². The van der Waals surface area contributed by atoms with Crippen molar-refractivity contribution in [2.24, 2.45) is 9.98 Å². The molecule has 0 radical (unpaired) electrons. The average molecular weight is 395 g/mol. The Bertz CT molecular complexity index is 793. The Labute approximate surface area is 160 Å². The molecule has 1 saturated heterocycles. The van der Waals surface area contributed by atoms with Gasteiger partial charge < -0.3 is 20.7 Å². The van der Waals surface area contributed by atoms with Crippen molar-refractivity contribution in [3.8, 4) is 6.07 Å². The molecule has 8 nitrogen and oxygen atoms in total. The standard InChI is InChI=1S/C17H20F3N7O/c1-11(6-21)24-10-16(22-2)27-15-5-14(13(9-26-15)17(18,19)20)25-8-12-7-23-3-4-28-12/h5,9-10,12,23H,2-4,7-8H2,1H3,(H2,25,26,27)/b16-10+,24-11+/t12-/m1/s1. The Kier molecular flexibility index (Phi) is 7.48. The molecule has 28 heavy (non-hydrogen) atoms. The van der Waals surface area contributed by atoms with Gasteiger partial charge in [0.1, 0.15) is 23.4 Å². The summed E-state index contributed by atoms with van der Waals surface area (Å²) in [6.45, 7) is 6.82. The van der Waals surface area contributed by atoms with Crippen molar-refractivity contribution in [2.45, 2.75) is 19.2 Å². The fourth-order valence-electron chi connectivity index (χ4n) is 2.30. The van der Waals surface area contributed by atoms with Gasteiger partial charge in [-0.05, 0) is 13.6 Å². The third-order valence-electron chi connectivity index (χ3n) is 3.70. The van der Waals surface area contributed by atoms with E-state index in [0.717, 1.165) is 6.20 Å². The molecule has 1 aliphatic rings. The first-order valence-electron chi connectivity index (χ1n) is 8.35. The number of hydrogen-bond donors (Lipinski definition) is 3. The largest absolute Gasteiger partial charge is 0.419 e. The van der Waals surface area contributed by atoms with Crippen molar-refractivity contribution < 1.29 is 17.9 Å². The fraction of sp³-hybridized carbons (Fsp3) is 0.412. The summed E-state index contributed by atoms with van der Waals surface area (Å²) in [6.07, 6.45) is -2.84. The van der Waals surface area contributed by atoms with Gasteiger partial charge in [-0.1, -0.05) is 0 Å². The summed E-state index contributed by atoms with van der Waals surface area (Å²) in [6, 6.07) is 3.06. The lowest BCUT2D eigenvalue weighted by atomic mass is 10.2. The van der Waals surface area contributed by atoms with Crippen LogP contribution >= 0.6 is 0 Å². The molecule has 0 bridgehead atoms. The van der Waals surface area contributed by atoms with E-state index in [1.54, 1.807) is 0 Å². The summed E-state index contributed by atoms with van der Waals surface area (Å²) in [7, 11) is 0. The number of aliphatic imine (C=N–C) groups is 2. The second-order valence-electron chi connectivity index (χ2n) is 5.81. The fourth-order valence-corrected chi connectivity index (χ4v) is 2.30. The predicted molar refractivity (Wildman–Crippen MR) is 100 cm³/mol. The van der Waals surface area contributed by atoms with Crippen LogP contribution in [0, 0.1) is 11.3 Å². The summed E-state index contributed by atoms with van der Waals surface area (Å²) in [5.74, 6) is 0.245. The molecular formula is C17H20F3N7O. The highest BCUT2D eigenvalue weighted by Gasteiger charge is 2.34. The number of aromatic nitrogens is 1. The molecule has 0 saturated carbocycles. The number of anilines is 2. The van der Waals surface area contributed by atoms with Gasteiger partial charge in [-0.3, -0.25) is 0 Å². The number of nitrogens with one attached hydrogen (secondary N) is 3. The van der Waals surface area contributed by atoms with Crippen molar-refractivity contribution in [3.05, 3.63) is 29.8 Å². The Morgan fingerprint density at radius 3 is 2.96 bits per heavy atom. The number of pyridine rings is 1. The number of ether oxygens (including phenoxy) is 1. The third kappa shape index (κ3) is 6.33. The van der Waals surface area contributed by atoms with E-state index in [-0.39, 0.29) is 35.7 Å². The zero-order valence-electron chi connectivity index (χ0n) is 15.2. The Hall–Kier alpha value is -2.97. The first kappa shape index (κ1) is 21.3. The predicted octanol–water partition coefficient (Wildman–Crippen LogP) is 2.40. The van der Waals surface area contributed by atoms with E-state index >= 15 is 0 Å². The molecule has 11 heteroatoms. The highest BCUT2D eigenvalue weighted by Crippen LogP contribution is 2.35. The van der Waals surface area contributed by atoms with Crippen LogP contribution in [0.3, 0.4) is 0 Å². The molecule has 0 spiro atoms. The van der Waals surface area contributed by atoms with E-state index in [4.69, 9.17) is 10.00 Å². The SMILES string of the molecule is C=N/C(=C\N=C(/C)C#N)Nc1cc(NC[C@H]2CNCCO2)c(C(F)(F)F)cn1. The van der Waals surface area contributed by atoms with Gasteiger partial charge in [-0.2, -0.15) is 18.4 Å². The molecule has 150 valence electrons. The van der Waals surface area contributed by atoms with E-state index in [1.165, 1.54) is 19.2 Å². The van der Waals surface area contributed by atoms with Crippen molar-refractivity contribution >= 4 is 23.9 Å². The quantitative estimate of drug-likeness (QED) is 0.612. The molecule has 1 atom stereocenters. The number of rotatable bonds is 7. The van der Waals surface area contributed by atoms with E-state index in [1.807, 2.05) is 6.07 Å². The molecular weight excluding hydrogens is 375 g/mol. The molecule has 0 aliphatic carbocycles. The molecule has 1 aromatic heterocycles. The van der Waals surface area contributed by atoms with E-state index in [9.17, 15) is 13.2 Å². The number of hydrogen-bond acceptors (Lipinski definition) is 8. The summed E-state index contributed by atoms with van der Waals surface area (Å²) in [4.78, 5) is 11.3. The van der Waals surface area contributed by atoms with Gasteiger partial charge in [-0.25, -0.2) is 15.0 Å². The maximum absolute atomic E-state index is 13.3. The molecule has 1 aromatic rings. The van der Waals surface area contributed by atoms with E-state index in [0.29, 0.717) is 19.7 Å². The van der Waals surface area contributed by atoms with Crippen LogP contribution < -0.4 is 16.0 Å². The number of nitriles is 1. The van der Waals surface area contributed by atoms with Gasteiger partial charge in [0, 0.05) is 31.9 Å². The van der Waals surface area contributed by atoms with Crippen LogP contribution in [0.4, 0.5) is 24.7 Å². The summed E-state index contributed by atoms with van der Waals surface area (Å²) in [5, 5.41) is 17.3. The zero-order valence-corrected chi connectivity index (χ0v) is 15.2. The van der Waals surface area contributed by atoms with Crippen molar-refractivity contribution in [1.82, 2.24) is 10.3 Å². The van der Waals surface area contributed by atoms with Gasteiger partial charge in [0.2, 0.25) is 0 Å². The molecule has 0 unspecified atom stereocenters. The first-order valence-corrected chi connectivity index (χ1v) is 8.35. The normalized spacial score (nSPS) is 18.3. The van der Waals surface area contributed by atoms with Gasteiger partial charge in [0.25, 0.3) is 0 Å². The maximum Gasteiger partial charge on any atom is 0.419 e. The highest BCUT2D eigenvalue weighted by atomic mass is 19.4. The molecule has 2 rings (SSSR count). The number of morpholine rings is 1. The van der Waals surface area contributed by atoms with Crippen LogP contribution in [0.1, 0.15) is 12.5 Å².